The van der Waals surface area contributed by atoms with E-state index in [2.05, 4.69) is 11.4 Å². The summed E-state index contributed by atoms with van der Waals surface area (Å²) in [6, 6.07) is 17.4. The SMILES string of the molecule is CCCOc1ccc(NC(=O)C2(c3ccccc3)CCCC2)c(C#N)c1. The third-order valence-corrected chi connectivity index (χ3v) is 5.05. The van der Waals surface area contributed by atoms with Crippen molar-refractivity contribution in [1.82, 2.24) is 0 Å². The molecule has 0 spiro atoms. The van der Waals surface area contributed by atoms with E-state index in [1.165, 1.54) is 0 Å². The highest BCUT2D eigenvalue weighted by Crippen LogP contribution is 2.42. The lowest BCUT2D eigenvalue weighted by Gasteiger charge is -2.28. The first kappa shape index (κ1) is 18.0. The van der Waals surface area contributed by atoms with Crippen LogP contribution in [0.5, 0.6) is 5.75 Å². The summed E-state index contributed by atoms with van der Waals surface area (Å²) in [5, 5.41) is 12.5. The monoisotopic (exact) mass is 348 g/mol. The lowest BCUT2D eigenvalue weighted by Crippen LogP contribution is -2.38. The van der Waals surface area contributed by atoms with Crippen molar-refractivity contribution in [2.24, 2.45) is 0 Å². The number of nitriles is 1. The number of hydrogen-bond acceptors (Lipinski definition) is 3. The average Bonchev–Trinajstić information content (AvgIpc) is 3.19. The van der Waals surface area contributed by atoms with Gasteiger partial charge in [-0.05, 0) is 43.0 Å². The molecule has 134 valence electrons. The number of anilines is 1. The molecule has 0 aliphatic heterocycles. The number of hydrogen-bond donors (Lipinski definition) is 1. The molecule has 2 aromatic rings. The molecule has 1 amide bonds. The first-order valence-corrected chi connectivity index (χ1v) is 9.23. The van der Waals surface area contributed by atoms with E-state index in [0.29, 0.717) is 23.6 Å². The first-order chi connectivity index (χ1) is 12.7. The average molecular weight is 348 g/mol. The summed E-state index contributed by atoms with van der Waals surface area (Å²) in [6.45, 7) is 2.64. The standard InChI is InChI=1S/C22H24N2O2/c1-2-14-26-19-10-11-20(17(15-19)16-23)24-21(25)22(12-6-7-13-22)18-8-4-3-5-9-18/h3-5,8-11,15H,2,6-7,12-14H2,1H3,(H,24,25). The van der Waals surface area contributed by atoms with Gasteiger partial charge in [-0.2, -0.15) is 5.26 Å². The van der Waals surface area contributed by atoms with Crippen molar-refractivity contribution >= 4 is 11.6 Å². The Morgan fingerprint density at radius 3 is 2.58 bits per heavy atom. The number of nitrogens with one attached hydrogen (secondary N) is 1. The van der Waals surface area contributed by atoms with Crippen molar-refractivity contribution in [3.05, 3.63) is 59.7 Å². The first-order valence-electron chi connectivity index (χ1n) is 9.23. The maximum absolute atomic E-state index is 13.2. The van der Waals surface area contributed by atoms with Crippen molar-refractivity contribution in [3.8, 4) is 11.8 Å². The minimum absolute atomic E-state index is 0.0278. The van der Waals surface area contributed by atoms with E-state index in [1.54, 1.807) is 18.2 Å². The molecule has 0 aromatic heterocycles. The molecule has 1 saturated carbocycles. The Morgan fingerprint density at radius 1 is 1.19 bits per heavy atom. The Balaban J connectivity index is 1.85. The van der Waals surface area contributed by atoms with Crippen molar-refractivity contribution < 1.29 is 9.53 Å². The molecular formula is C22H24N2O2. The molecule has 0 atom stereocenters. The van der Waals surface area contributed by atoms with Crippen molar-refractivity contribution in [2.75, 3.05) is 11.9 Å². The van der Waals surface area contributed by atoms with Gasteiger partial charge in [-0.3, -0.25) is 4.79 Å². The van der Waals surface area contributed by atoms with Gasteiger partial charge in [0.2, 0.25) is 5.91 Å². The Bertz CT molecular complexity index is 803. The lowest BCUT2D eigenvalue weighted by molar-refractivity contribution is -0.121. The molecule has 1 aliphatic rings. The molecule has 0 radical (unpaired) electrons. The number of amides is 1. The van der Waals surface area contributed by atoms with Crippen LogP contribution in [-0.4, -0.2) is 12.5 Å². The van der Waals surface area contributed by atoms with Crippen LogP contribution in [0.2, 0.25) is 0 Å². The maximum Gasteiger partial charge on any atom is 0.235 e. The molecule has 1 N–H and O–H groups in total. The summed E-state index contributed by atoms with van der Waals surface area (Å²) in [5.41, 5.74) is 1.51. The lowest BCUT2D eigenvalue weighted by atomic mass is 9.78. The zero-order valence-corrected chi connectivity index (χ0v) is 15.1. The fourth-order valence-electron chi connectivity index (χ4n) is 3.66. The minimum atomic E-state index is -0.509. The molecular weight excluding hydrogens is 324 g/mol. The number of benzene rings is 2. The van der Waals surface area contributed by atoms with Crippen LogP contribution in [0.4, 0.5) is 5.69 Å². The summed E-state index contributed by atoms with van der Waals surface area (Å²) < 4.78 is 5.58. The number of ether oxygens (including phenoxy) is 1. The zero-order valence-electron chi connectivity index (χ0n) is 15.1. The topological polar surface area (TPSA) is 62.1 Å². The zero-order chi connectivity index (χ0) is 18.4. The van der Waals surface area contributed by atoms with E-state index in [-0.39, 0.29) is 5.91 Å². The maximum atomic E-state index is 13.2. The van der Waals surface area contributed by atoms with Crippen molar-refractivity contribution in [2.45, 2.75) is 44.4 Å². The van der Waals surface area contributed by atoms with Crippen LogP contribution in [0.3, 0.4) is 0 Å². The number of rotatable bonds is 6. The number of carbonyl (C=O) groups excluding carboxylic acids is 1. The molecule has 0 saturated heterocycles. The van der Waals surface area contributed by atoms with Crippen LogP contribution in [0.25, 0.3) is 0 Å². The third kappa shape index (κ3) is 3.57. The highest BCUT2D eigenvalue weighted by Gasteiger charge is 2.42. The van der Waals surface area contributed by atoms with E-state index < -0.39 is 5.41 Å². The van der Waals surface area contributed by atoms with Crippen molar-refractivity contribution in [1.29, 1.82) is 5.26 Å². The Hall–Kier alpha value is -2.80. The Kier molecular flexibility index (Phi) is 5.58. The van der Waals surface area contributed by atoms with Gasteiger partial charge in [0.15, 0.2) is 0 Å². The smallest absolute Gasteiger partial charge is 0.235 e. The Morgan fingerprint density at radius 2 is 1.92 bits per heavy atom. The number of carbonyl (C=O) groups is 1. The normalized spacial score (nSPS) is 15.2. The van der Waals surface area contributed by atoms with Crippen LogP contribution < -0.4 is 10.1 Å². The highest BCUT2D eigenvalue weighted by molar-refractivity contribution is 6.00. The molecule has 0 unspecified atom stereocenters. The molecule has 0 bridgehead atoms. The van der Waals surface area contributed by atoms with Crippen LogP contribution in [0.1, 0.15) is 50.2 Å². The highest BCUT2D eigenvalue weighted by atomic mass is 16.5. The molecule has 4 nitrogen and oxygen atoms in total. The van der Waals surface area contributed by atoms with Gasteiger partial charge in [0.1, 0.15) is 11.8 Å². The summed E-state index contributed by atoms with van der Waals surface area (Å²) >= 11 is 0. The second-order valence-corrected chi connectivity index (χ2v) is 6.78. The minimum Gasteiger partial charge on any atom is -0.494 e. The molecule has 1 fully saturated rings. The molecule has 2 aromatic carbocycles. The number of nitrogens with zero attached hydrogens (tertiary/aromatic N) is 1. The largest absolute Gasteiger partial charge is 0.494 e. The van der Waals surface area contributed by atoms with Crippen molar-refractivity contribution in [3.63, 3.8) is 0 Å². The fourth-order valence-corrected chi connectivity index (χ4v) is 3.66. The summed E-state index contributed by atoms with van der Waals surface area (Å²) in [5.74, 6) is 0.625. The van der Waals surface area contributed by atoms with Gasteiger partial charge < -0.3 is 10.1 Å². The summed E-state index contributed by atoms with van der Waals surface area (Å²) in [6.07, 6.45) is 4.65. The van der Waals surface area contributed by atoms with E-state index in [0.717, 1.165) is 37.7 Å². The molecule has 4 heteroatoms. The molecule has 26 heavy (non-hydrogen) atoms. The van der Waals surface area contributed by atoms with Gasteiger partial charge >= 0.3 is 0 Å². The van der Waals surface area contributed by atoms with Crippen LogP contribution >= 0.6 is 0 Å². The third-order valence-electron chi connectivity index (χ3n) is 5.05. The predicted molar refractivity (Wildman–Crippen MR) is 102 cm³/mol. The van der Waals surface area contributed by atoms with E-state index in [1.807, 2.05) is 37.3 Å². The summed E-state index contributed by atoms with van der Waals surface area (Å²) in [7, 11) is 0. The quantitative estimate of drug-likeness (QED) is 0.816. The Labute approximate surface area is 154 Å². The second kappa shape index (κ2) is 8.05. The van der Waals surface area contributed by atoms with E-state index in [4.69, 9.17) is 4.74 Å². The van der Waals surface area contributed by atoms with Crippen LogP contribution in [0, 0.1) is 11.3 Å². The summed E-state index contributed by atoms with van der Waals surface area (Å²) in [4.78, 5) is 13.2. The van der Waals surface area contributed by atoms with E-state index in [9.17, 15) is 10.1 Å². The van der Waals surface area contributed by atoms with Gasteiger partial charge in [0.05, 0.1) is 23.3 Å². The van der Waals surface area contributed by atoms with Crippen LogP contribution in [-0.2, 0) is 10.2 Å². The van der Waals surface area contributed by atoms with Gasteiger partial charge in [-0.15, -0.1) is 0 Å². The molecule has 1 aliphatic carbocycles. The molecule has 0 heterocycles. The second-order valence-electron chi connectivity index (χ2n) is 6.78. The van der Waals surface area contributed by atoms with E-state index >= 15 is 0 Å². The van der Waals surface area contributed by atoms with Gasteiger partial charge in [-0.25, -0.2) is 0 Å². The van der Waals surface area contributed by atoms with Gasteiger partial charge in [0.25, 0.3) is 0 Å². The fraction of sp³-hybridized carbons (Fsp3) is 0.364. The van der Waals surface area contributed by atoms with Crippen LogP contribution in [0.15, 0.2) is 48.5 Å². The van der Waals surface area contributed by atoms with Gasteiger partial charge in [0, 0.05) is 0 Å². The predicted octanol–water partition coefficient (Wildman–Crippen LogP) is 4.80. The molecule has 3 rings (SSSR count). The van der Waals surface area contributed by atoms with Gasteiger partial charge in [-0.1, -0.05) is 50.1 Å².